The van der Waals surface area contributed by atoms with Gasteiger partial charge in [-0.05, 0) is 147 Å². The van der Waals surface area contributed by atoms with Crippen molar-refractivity contribution in [3.8, 4) is 35.1 Å². The van der Waals surface area contributed by atoms with E-state index in [1.165, 1.54) is 92.8 Å². The Morgan fingerprint density at radius 1 is 0.200 bits per heavy atom. The van der Waals surface area contributed by atoms with Gasteiger partial charge in [-0.25, -0.2) is 0 Å². The van der Waals surface area contributed by atoms with E-state index >= 15 is 0 Å². The summed E-state index contributed by atoms with van der Waals surface area (Å²) < 4.78 is 4.32. The Balaban J connectivity index is 0.000000168. The van der Waals surface area contributed by atoms with Crippen LogP contribution in [0.5, 0.6) is 0 Å². The van der Waals surface area contributed by atoms with Gasteiger partial charge in [-0.3, -0.25) is 23.7 Å². The quantitative estimate of drug-likeness (QED) is 0.0237. The van der Waals surface area contributed by atoms with Crippen molar-refractivity contribution in [2.45, 2.75) is 25.7 Å². The Labute approximate surface area is 718 Å². The Morgan fingerprint density at radius 2 is 0.355 bits per heavy atom. The summed E-state index contributed by atoms with van der Waals surface area (Å²) in [5.74, 6) is 9.84. The van der Waals surface area contributed by atoms with E-state index in [9.17, 15) is 0 Å². The van der Waals surface area contributed by atoms with Gasteiger partial charge in [0.05, 0.1) is 98.8 Å². The first-order valence-corrected chi connectivity index (χ1v) is 43.1. The van der Waals surface area contributed by atoms with Gasteiger partial charge in [0.25, 0.3) is 0 Å². The second-order valence-electron chi connectivity index (χ2n) is 26.0. The first-order chi connectivity index (χ1) is 52.5. The van der Waals surface area contributed by atoms with Gasteiger partial charge in [-0.2, -0.15) is 0 Å². The van der Waals surface area contributed by atoms with Crippen LogP contribution < -0.4 is 42.4 Å². The van der Waals surface area contributed by atoms with Gasteiger partial charge in [0, 0.05) is 55.0 Å². The minimum atomic E-state index is -0.714. The largest absolute Gasteiger partial charge is 1.00 e. The van der Waals surface area contributed by atoms with Gasteiger partial charge in [-0.15, -0.1) is 70.8 Å². The van der Waals surface area contributed by atoms with E-state index in [1.54, 1.807) is 0 Å². The first kappa shape index (κ1) is 85.6. The predicted octanol–water partition coefficient (Wildman–Crippen LogP) is 20.3. The van der Waals surface area contributed by atoms with Crippen molar-refractivity contribution in [2.24, 2.45) is 0 Å². The van der Waals surface area contributed by atoms with E-state index in [4.69, 9.17) is 25.7 Å². The molecule has 110 heavy (non-hydrogen) atoms. The Morgan fingerprint density at radius 3 is 0.509 bits per heavy atom. The molecule has 16 aromatic rings. The van der Waals surface area contributed by atoms with Crippen molar-refractivity contribution < 1.29 is 89.5 Å². The molecule has 0 radical (unpaired) electrons. The molecule has 16 rings (SSSR count). The third-order valence-corrected chi connectivity index (χ3v) is 31.0. The second kappa shape index (κ2) is 44.6. The van der Waals surface area contributed by atoms with E-state index < -0.39 is 31.7 Å². The fraction of sp³-hybridized carbons (Fsp3) is 0.0800. The zero-order valence-corrected chi connectivity index (χ0v) is 73.2. The van der Waals surface area contributed by atoms with Gasteiger partial charge in [-0.1, -0.05) is 206 Å². The predicted molar refractivity (Wildman–Crippen MR) is 466 cm³/mol. The number of hydrogen-bond acceptors (Lipinski definition) is 0. The summed E-state index contributed by atoms with van der Waals surface area (Å²) in [5.41, 5.74) is 9.22. The van der Waals surface area contributed by atoms with Crippen molar-refractivity contribution in [1.29, 1.82) is 0 Å². The van der Waals surface area contributed by atoms with Gasteiger partial charge in [0.2, 0.25) is 0 Å². The molecule has 2 aromatic heterocycles. The summed E-state index contributed by atoms with van der Waals surface area (Å²) >= 11 is 0. The van der Waals surface area contributed by atoms with E-state index in [-0.39, 0.29) is 89.5 Å². The number of aromatic nitrogens is 2. The fourth-order valence-corrected chi connectivity index (χ4v) is 25.0. The topological polar surface area (TPSA) is 9.86 Å². The molecule has 0 bridgehead atoms. The summed E-state index contributed by atoms with van der Waals surface area (Å²) in [6.07, 6.45) is 40.0. The van der Waals surface area contributed by atoms with Crippen LogP contribution in [-0.4, -0.2) is 33.8 Å². The molecule has 0 amide bonds. The fourth-order valence-electron chi connectivity index (χ4n) is 14.2. The summed E-state index contributed by atoms with van der Waals surface area (Å²) in [4.78, 5) is 0. The zero-order valence-electron chi connectivity index (χ0n) is 60.6. The maximum Gasteiger partial charge on any atom is 1.00 e. The van der Waals surface area contributed by atoms with Crippen LogP contribution in [0.2, 0.25) is 0 Å². The first-order valence-electron chi connectivity index (χ1n) is 36.3. The SMILES string of the molecule is [Au+].[Au+].[Au+].[Au+].[C-]#Cc1ccc2c3ccc(C#[C-])cc3n(-c3ccccc3)c2c1.[C-]#Cc1ccc2c3ccc(C#[C-])cc3n(-c3ccccc3)c2c1.c1ccc([PH+](CCCC[PH+](c2ccccc2)c2ccccc2)c2ccccc2)cc1.c1ccc([PH+](CCCC[PH+](c2ccccc2)c2ccccc2)c2ccccc2)cc1. The molecular weight excluding hydrogens is 2140 g/mol. The van der Waals surface area contributed by atoms with Crippen LogP contribution in [0.4, 0.5) is 0 Å². The van der Waals surface area contributed by atoms with Gasteiger partial charge < -0.3 is 34.8 Å². The normalized spacial score (nSPS) is 10.5. The van der Waals surface area contributed by atoms with Crippen molar-refractivity contribution in [1.82, 2.24) is 9.13 Å². The van der Waals surface area contributed by atoms with Crippen molar-refractivity contribution in [3.05, 3.63) is 424 Å². The molecular formula is C100H82Au4N2P4+4. The monoisotopic (exact) mass is 2220 g/mol. The number of unbranched alkanes of at least 4 members (excludes halogenated alkanes) is 2. The number of fused-ring (bicyclic) bond motifs is 6. The molecule has 0 aliphatic rings. The van der Waals surface area contributed by atoms with E-state index in [0.717, 1.165) is 77.2 Å². The average Bonchev–Trinajstić information content (AvgIpc) is 1.60. The molecule has 0 saturated carbocycles. The minimum absolute atomic E-state index is 0. The number of benzene rings is 14. The molecule has 0 atom stereocenters. The van der Waals surface area contributed by atoms with Gasteiger partial charge in [0.15, 0.2) is 0 Å². The third-order valence-electron chi connectivity index (χ3n) is 19.3. The van der Waals surface area contributed by atoms with Crippen molar-refractivity contribution in [3.63, 3.8) is 0 Å². The molecule has 0 spiro atoms. The van der Waals surface area contributed by atoms with Crippen LogP contribution in [0.25, 0.3) is 55.0 Å². The van der Waals surface area contributed by atoms with E-state index in [1.807, 2.05) is 109 Å². The summed E-state index contributed by atoms with van der Waals surface area (Å²) in [6.45, 7) is 0. The second-order valence-corrected chi connectivity index (χ2v) is 36.5. The van der Waals surface area contributed by atoms with Gasteiger partial charge in [0.1, 0.15) is 0 Å². The molecule has 552 valence electrons. The standard InChI is InChI=1S/2C28H28P2.2C22H11N.4Au/c2*1-5-15-25(16-6-1)29(26-17-7-2-8-18-26)23-13-14-24-30(27-19-9-3-10-20-27)28-21-11-4-12-22-28;2*1-3-16-10-12-19-20-13-11-17(4-2)15-22(20)23(21(19)14-16)18-8-6-5-7-9-18;;;;/h2*1-12,15-22H,13-14,23-24H2;2*5-15H;;;;/q;;2*-2;4*+1/p+4. The minimum Gasteiger partial charge on any atom is -0.366 e. The Bertz CT molecular complexity index is 4830. The van der Waals surface area contributed by atoms with Crippen LogP contribution in [0.15, 0.2) is 376 Å². The van der Waals surface area contributed by atoms with Crippen LogP contribution in [0, 0.1) is 49.4 Å². The molecule has 2 nitrogen and oxygen atoms in total. The Kier molecular flexibility index (Phi) is 34.7. The summed E-state index contributed by atoms with van der Waals surface area (Å²) in [7, 11) is -2.86. The maximum absolute atomic E-state index is 7.40. The van der Waals surface area contributed by atoms with Gasteiger partial charge >= 0.3 is 89.5 Å². The molecule has 0 fully saturated rings. The number of para-hydroxylation sites is 2. The summed E-state index contributed by atoms with van der Waals surface area (Å²) in [5, 5.41) is 16.8. The zero-order chi connectivity index (χ0) is 72.5. The van der Waals surface area contributed by atoms with E-state index in [0.29, 0.717) is 0 Å². The molecule has 2 heterocycles. The maximum atomic E-state index is 7.40. The third kappa shape index (κ3) is 22.0. The number of rotatable bonds is 20. The Hall–Kier alpha value is -8.40. The molecule has 0 unspecified atom stereocenters. The van der Waals surface area contributed by atoms with Crippen molar-refractivity contribution in [2.75, 3.05) is 24.6 Å². The molecule has 0 N–H and O–H groups in total. The molecule has 10 heteroatoms. The van der Waals surface area contributed by atoms with Crippen LogP contribution in [-0.2, 0) is 89.5 Å². The number of nitrogens with zero attached hydrogens (tertiary/aromatic N) is 2. The van der Waals surface area contributed by atoms with E-state index in [2.05, 4.69) is 300 Å². The summed E-state index contributed by atoms with van der Waals surface area (Å²) in [6, 6.07) is 133. The van der Waals surface area contributed by atoms with Crippen LogP contribution in [0.1, 0.15) is 47.9 Å². The smallest absolute Gasteiger partial charge is 0.366 e. The number of hydrogen-bond donors (Lipinski definition) is 0. The molecule has 0 aliphatic carbocycles. The van der Waals surface area contributed by atoms with Crippen LogP contribution >= 0.6 is 31.7 Å². The average molecular weight is 2220 g/mol. The molecule has 0 saturated heterocycles. The molecule has 14 aromatic carbocycles. The molecule has 0 aliphatic heterocycles. The van der Waals surface area contributed by atoms with Crippen LogP contribution in [0.3, 0.4) is 0 Å². The van der Waals surface area contributed by atoms with Crippen molar-refractivity contribution >= 4 is 118 Å².